The van der Waals surface area contributed by atoms with Crippen molar-refractivity contribution in [3.63, 3.8) is 0 Å². The summed E-state index contributed by atoms with van der Waals surface area (Å²) >= 11 is 0. The Kier molecular flexibility index (Phi) is 5.07. The molecule has 2 aromatic rings. The van der Waals surface area contributed by atoms with Crippen LogP contribution in [0.2, 0.25) is 0 Å². The van der Waals surface area contributed by atoms with Gasteiger partial charge in [0.1, 0.15) is 17.9 Å². The molecule has 1 aliphatic carbocycles. The van der Waals surface area contributed by atoms with Gasteiger partial charge in [0.15, 0.2) is 12.4 Å². The third kappa shape index (κ3) is 3.45. The summed E-state index contributed by atoms with van der Waals surface area (Å²) in [5.41, 5.74) is 0.619. The number of ketones is 1. The van der Waals surface area contributed by atoms with Crippen LogP contribution in [0.4, 0.5) is 9.18 Å². The SMILES string of the molecule is O=C(CN1C(=O)N[C@]2(CCCc3ccccc32)C1=O)OCC(=O)c1cccc(F)c1. The van der Waals surface area contributed by atoms with Crippen molar-refractivity contribution in [1.82, 2.24) is 10.2 Å². The highest BCUT2D eigenvalue weighted by Gasteiger charge is 2.54. The molecule has 2 aliphatic rings. The lowest BCUT2D eigenvalue weighted by molar-refractivity contribution is -0.147. The molecule has 4 rings (SSSR count). The topological polar surface area (TPSA) is 92.8 Å². The molecular weight excluding hydrogens is 391 g/mol. The minimum Gasteiger partial charge on any atom is -0.456 e. The maximum absolute atomic E-state index is 13.2. The van der Waals surface area contributed by atoms with E-state index in [1.54, 1.807) is 6.07 Å². The van der Waals surface area contributed by atoms with Gasteiger partial charge in [-0.3, -0.25) is 19.3 Å². The second-order valence-electron chi connectivity index (χ2n) is 7.33. The number of nitrogens with one attached hydrogen (secondary N) is 1. The van der Waals surface area contributed by atoms with E-state index in [0.717, 1.165) is 34.9 Å². The molecule has 154 valence electrons. The highest BCUT2D eigenvalue weighted by Crippen LogP contribution is 2.39. The van der Waals surface area contributed by atoms with Gasteiger partial charge in [0.05, 0.1) is 0 Å². The third-order valence-corrected chi connectivity index (χ3v) is 5.45. The maximum Gasteiger partial charge on any atom is 0.326 e. The molecule has 3 amide bonds. The van der Waals surface area contributed by atoms with E-state index in [9.17, 15) is 23.6 Å². The summed E-state index contributed by atoms with van der Waals surface area (Å²) in [5, 5.41) is 2.75. The van der Waals surface area contributed by atoms with Crippen LogP contribution in [0.5, 0.6) is 0 Å². The number of benzene rings is 2. The number of ether oxygens (including phenoxy) is 1. The summed E-state index contributed by atoms with van der Waals surface area (Å²) in [6.45, 7) is -1.22. The van der Waals surface area contributed by atoms with Gasteiger partial charge in [0.2, 0.25) is 0 Å². The number of Topliss-reactive ketones (excluding diaryl/α,β-unsaturated/α-hetero) is 1. The lowest BCUT2D eigenvalue weighted by atomic mass is 9.76. The molecule has 1 atom stereocenters. The molecule has 1 saturated heterocycles. The zero-order valence-electron chi connectivity index (χ0n) is 16.0. The number of hydrogen-bond donors (Lipinski definition) is 1. The normalized spacial score (nSPS) is 20.1. The standard InChI is InChI=1S/C22H19FN2O5/c23-16-8-3-6-15(11-16)18(26)13-30-19(27)12-25-20(28)22(24-21(25)29)10-4-7-14-5-1-2-9-17(14)22/h1-3,5-6,8-9,11H,4,7,10,12-13H2,(H,24,29)/t22-/m0/s1. The fourth-order valence-corrected chi connectivity index (χ4v) is 4.02. The largest absolute Gasteiger partial charge is 0.456 e. The van der Waals surface area contributed by atoms with Crippen molar-refractivity contribution in [3.05, 3.63) is 71.0 Å². The number of nitrogens with zero attached hydrogens (tertiary/aromatic N) is 1. The summed E-state index contributed by atoms with van der Waals surface area (Å²) in [7, 11) is 0. The molecule has 0 unspecified atom stereocenters. The Morgan fingerprint density at radius 1 is 1.13 bits per heavy atom. The van der Waals surface area contributed by atoms with Gasteiger partial charge in [0, 0.05) is 5.56 Å². The van der Waals surface area contributed by atoms with Gasteiger partial charge in [-0.1, -0.05) is 36.4 Å². The number of urea groups is 1. The van der Waals surface area contributed by atoms with E-state index in [-0.39, 0.29) is 5.56 Å². The fourth-order valence-electron chi connectivity index (χ4n) is 4.02. The molecule has 0 saturated carbocycles. The van der Waals surface area contributed by atoms with Crippen molar-refractivity contribution in [2.45, 2.75) is 24.8 Å². The summed E-state index contributed by atoms with van der Waals surface area (Å²) in [5.74, 6) is -2.57. The number of carbonyl (C=O) groups excluding carboxylic acids is 4. The smallest absolute Gasteiger partial charge is 0.326 e. The number of esters is 1. The van der Waals surface area contributed by atoms with Crippen molar-refractivity contribution in [2.24, 2.45) is 0 Å². The van der Waals surface area contributed by atoms with Crippen LogP contribution in [0.1, 0.15) is 34.3 Å². The van der Waals surface area contributed by atoms with Crippen LogP contribution >= 0.6 is 0 Å². The average molecular weight is 410 g/mol. The predicted molar refractivity (Wildman–Crippen MR) is 103 cm³/mol. The lowest BCUT2D eigenvalue weighted by Gasteiger charge is -2.33. The van der Waals surface area contributed by atoms with Gasteiger partial charge < -0.3 is 10.1 Å². The number of rotatable bonds is 5. The van der Waals surface area contributed by atoms with Crippen molar-refractivity contribution in [2.75, 3.05) is 13.2 Å². The predicted octanol–water partition coefficient (Wildman–Crippen LogP) is 2.34. The van der Waals surface area contributed by atoms with Crippen LogP contribution < -0.4 is 5.32 Å². The second kappa shape index (κ2) is 7.70. The van der Waals surface area contributed by atoms with Gasteiger partial charge >= 0.3 is 12.0 Å². The van der Waals surface area contributed by atoms with Crippen LogP contribution in [0.15, 0.2) is 48.5 Å². The van der Waals surface area contributed by atoms with Gasteiger partial charge in [-0.2, -0.15) is 0 Å². The Bertz CT molecular complexity index is 1050. The van der Waals surface area contributed by atoms with Crippen LogP contribution in [0.25, 0.3) is 0 Å². The van der Waals surface area contributed by atoms with Gasteiger partial charge in [-0.25, -0.2) is 9.18 Å². The van der Waals surface area contributed by atoms with E-state index in [1.807, 2.05) is 18.2 Å². The van der Waals surface area contributed by atoms with Crippen LogP contribution in [0.3, 0.4) is 0 Å². The minimum absolute atomic E-state index is 0.0653. The first kappa shape index (κ1) is 19.8. The first-order valence-electron chi connectivity index (χ1n) is 9.57. The quantitative estimate of drug-likeness (QED) is 0.464. The number of imide groups is 1. The highest BCUT2D eigenvalue weighted by atomic mass is 19.1. The van der Waals surface area contributed by atoms with Crippen molar-refractivity contribution >= 4 is 23.7 Å². The summed E-state index contributed by atoms with van der Waals surface area (Å²) in [6.07, 6.45) is 1.98. The number of amides is 3. The van der Waals surface area contributed by atoms with Crippen molar-refractivity contribution < 1.29 is 28.3 Å². The second-order valence-corrected chi connectivity index (χ2v) is 7.33. The molecule has 0 radical (unpaired) electrons. The van der Waals surface area contributed by atoms with Crippen LogP contribution in [-0.2, 0) is 26.3 Å². The molecule has 0 aromatic heterocycles. The van der Waals surface area contributed by atoms with Crippen LogP contribution in [0, 0.1) is 5.82 Å². The summed E-state index contributed by atoms with van der Waals surface area (Å²) in [6, 6.07) is 11.8. The fraction of sp³-hybridized carbons (Fsp3) is 0.273. The highest BCUT2D eigenvalue weighted by molar-refractivity contribution is 6.09. The molecule has 1 spiro atoms. The number of carbonyl (C=O) groups is 4. The Hall–Kier alpha value is -3.55. The van der Waals surface area contributed by atoms with E-state index in [1.165, 1.54) is 18.2 Å². The van der Waals surface area contributed by atoms with E-state index in [2.05, 4.69) is 5.32 Å². The van der Waals surface area contributed by atoms with E-state index < -0.39 is 48.2 Å². The van der Waals surface area contributed by atoms with Crippen LogP contribution in [-0.4, -0.2) is 41.7 Å². The third-order valence-electron chi connectivity index (χ3n) is 5.45. The first-order valence-corrected chi connectivity index (χ1v) is 9.57. The Balaban J connectivity index is 1.43. The molecule has 1 fully saturated rings. The number of fused-ring (bicyclic) bond motifs is 2. The molecule has 0 bridgehead atoms. The number of halogens is 1. The van der Waals surface area contributed by atoms with Crippen molar-refractivity contribution in [1.29, 1.82) is 0 Å². The van der Waals surface area contributed by atoms with E-state index in [0.29, 0.717) is 6.42 Å². The van der Waals surface area contributed by atoms with Crippen molar-refractivity contribution in [3.8, 4) is 0 Å². The summed E-state index contributed by atoms with van der Waals surface area (Å²) < 4.78 is 18.1. The average Bonchev–Trinajstić information content (AvgIpc) is 2.97. The monoisotopic (exact) mass is 410 g/mol. The molecule has 1 aliphatic heterocycles. The van der Waals surface area contributed by atoms with Gasteiger partial charge in [-0.05, 0) is 42.5 Å². The molecule has 7 nitrogen and oxygen atoms in total. The minimum atomic E-state index is -1.18. The maximum atomic E-state index is 13.2. The first-order chi connectivity index (χ1) is 14.4. The van der Waals surface area contributed by atoms with E-state index >= 15 is 0 Å². The van der Waals surface area contributed by atoms with E-state index in [4.69, 9.17) is 4.74 Å². The molecule has 2 aromatic carbocycles. The lowest BCUT2D eigenvalue weighted by Crippen LogP contribution is -2.46. The molecule has 8 heteroatoms. The molecular formula is C22H19FN2O5. The zero-order chi connectivity index (χ0) is 21.3. The molecule has 1 N–H and O–H groups in total. The Morgan fingerprint density at radius 2 is 1.93 bits per heavy atom. The Morgan fingerprint density at radius 3 is 2.73 bits per heavy atom. The van der Waals surface area contributed by atoms with Gasteiger partial charge in [-0.15, -0.1) is 0 Å². The van der Waals surface area contributed by atoms with Gasteiger partial charge in [0.25, 0.3) is 5.91 Å². The number of aryl methyl sites for hydroxylation is 1. The Labute approximate surface area is 171 Å². The zero-order valence-corrected chi connectivity index (χ0v) is 16.0. The number of hydrogen-bond acceptors (Lipinski definition) is 5. The molecule has 30 heavy (non-hydrogen) atoms. The summed E-state index contributed by atoms with van der Waals surface area (Å²) in [4.78, 5) is 50.6. The molecule has 1 heterocycles.